The molecule has 1 atom stereocenters. The Hall–Kier alpha value is -2.38. The molecule has 0 saturated carbocycles. The number of nitrogens with one attached hydrogen (secondary N) is 2. The van der Waals surface area contributed by atoms with Gasteiger partial charge in [-0.25, -0.2) is 8.42 Å². The fourth-order valence-electron chi connectivity index (χ4n) is 3.10. The summed E-state index contributed by atoms with van der Waals surface area (Å²) in [6, 6.07) is 13.9. The number of benzene rings is 2. The molecule has 1 fully saturated rings. The maximum Gasteiger partial charge on any atom is 0.253 e. The van der Waals surface area contributed by atoms with E-state index in [1.54, 1.807) is 30.3 Å². The van der Waals surface area contributed by atoms with Crippen LogP contribution < -0.4 is 10.0 Å². The van der Waals surface area contributed by atoms with Crippen molar-refractivity contribution < 1.29 is 17.9 Å². The van der Waals surface area contributed by atoms with Crippen molar-refractivity contribution in [3.63, 3.8) is 0 Å². The number of rotatable bonds is 7. The van der Waals surface area contributed by atoms with Crippen LogP contribution in [0.3, 0.4) is 0 Å². The Bertz CT molecular complexity index is 906. The quantitative estimate of drug-likeness (QED) is 0.764. The van der Waals surface area contributed by atoms with E-state index in [9.17, 15) is 13.2 Å². The molecule has 1 aliphatic heterocycles. The number of hydrogen-bond donors (Lipinski definition) is 2. The van der Waals surface area contributed by atoms with Gasteiger partial charge in [-0.15, -0.1) is 0 Å². The second-order valence-corrected chi connectivity index (χ2v) is 8.46. The van der Waals surface area contributed by atoms with Crippen molar-refractivity contribution in [3.8, 4) is 0 Å². The predicted octanol–water partition coefficient (Wildman–Crippen LogP) is 2.85. The van der Waals surface area contributed by atoms with Gasteiger partial charge in [0, 0.05) is 13.2 Å². The van der Waals surface area contributed by atoms with Crippen LogP contribution in [0.1, 0.15) is 34.3 Å². The molecular weight excluding hydrogens is 364 g/mol. The second-order valence-electron chi connectivity index (χ2n) is 6.74. The fourth-order valence-corrected chi connectivity index (χ4v) is 4.31. The van der Waals surface area contributed by atoms with E-state index in [4.69, 9.17) is 4.74 Å². The van der Waals surface area contributed by atoms with Gasteiger partial charge in [0.05, 0.1) is 23.1 Å². The summed E-state index contributed by atoms with van der Waals surface area (Å²) in [6.45, 7) is 3.05. The molecule has 2 N–H and O–H groups in total. The third kappa shape index (κ3) is 5.55. The van der Waals surface area contributed by atoms with Gasteiger partial charge in [0.25, 0.3) is 5.91 Å². The van der Waals surface area contributed by atoms with Crippen LogP contribution in [-0.2, 0) is 20.5 Å². The van der Waals surface area contributed by atoms with Crippen molar-refractivity contribution in [1.29, 1.82) is 0 Å². The van der Waals surface area contributed by atoms with Crippen molar-refractivity contribution in [2.45, 2.75) is 31.6 Å². The summed E-state index contributed by atoms with van der Waals surface area (Å²) < 4.78 is 33.2. The molecule has 7 heteroatoms. The van der Waals surface area contributed by atoms with Crippen LogP contribution in [0.2, 0.25) is 0 Å². The van der Waals surface area contributed by atoms with Crippen LogP contribution in [0, 0.1) is 6.92 Å². The molecule has 2 aromatic rings. The number of anilines is 1. The maximum atomic E-state index is 12.6. The highest BCUT2D eigenvalue weighted by Crippen LogP contribution is 2.19. The van der Waals surface area contributed by atoms with E-state index in [0.29, 0.717) is 17.7 Å². The monoisotopic (exact) mass is 388 g/mol. The standard InChI is InChI=1S/C20H24N2O4S/c1-15-6-4-7-16(12-15)14-27(24,25)22-19-10-3-2-9-18(19)20(23)21-13-17-8-5-11-26-17/h2-4,6-7,9-10,12,17,22H,5,8,11,13-14H2,1H3,(H,21,23). The molecule has 27 heavy (non-hydrogen) atoms. The third-order valence-electron chi connectivity index (χ3n) is 4.39. The highest BCUT2D eigenvalue weighted by Gasteiger charge is 2.20. The van der Waals surface area contributed by atoms with Gasteiger partial charge >= 0.3 is 0 Å². The van der Waals surface area contributed by atoms with E-state index in [1.165, 1.54) is 0 Å². The van der Waals surface area contributed by atoms with E-state index >= 15 is 0 Å². The van der Waals surface area contributed by atoms with E-state index < -0.39 is 10.0 Å². The average Bonchev–Trinajstić information content (AvgIpc) is 3.13. The zero-order valence-electron chi connectivity index (χ0n) is 15.3. The summed E-state index contributed by atoms with van der Waals surface area (Å²) >= 11 is 0. The topological polar surface area (TPSA) is 84.5 Å². The smallest absolute Gasteiger partial charge is 0.253 e. The molecule has 0 aliphatic carbocycles. The van der Waals surface area contributed by atoms with Crippen LogP contribution in [0.25, 0.3) is 0 Å². The molecule has 0 bridgehead atoms. The number of carbonyl (C=O) groups is 1. The molecule has 0 radical (unpaired) electrons. The van der Waals surface area contributed by atoms with Gasteiger partial charge in [-0.1, -0.05) is 42.0 Å². The predicted molar refractivity (Wildman–Crippen MR) is 105 cm³/mol. The van der Waals surface area contributed by atoms with Crippen molar-refractivity contribution in [2.75, 3.05) is 17.9 Å². The van der Waals surface area contributed by atoms with E-state index in [-0.39, 0.29) is 23.5 Å². The molecule has 2 aromatic carbocycles. The van der Waals surface area contributed by atoms with E-state index in [0.717, 1.165) is 25.0 Å². The highest BCUT2D eigenvalue weighted by molar-refractivity contribution is 7.91. The minimum absolute atomic E-state index is 0.0270. The molecule has 0 spiro atoms. The lowest BCUT2D eigenvalue weighted by molar-refractivity contribution is 0.0858. The number of sulfonamides is 1. The molecular formula is C20H24N2O4S. The summed E-state index contributed by atoms with van der Waals surface area (Å²) in [5, 5.41) is 2.83. The SMILES string of the molecule is Cc1cccc(CS(=O)(=O)Nc2ccccc2C(=O)NCC2CCCO2)c1. The molecule has 1 unspecified atom stereocenters. The first-order valence-electron chi connectivity index (χ1n) is 8.98. The van der Waals surface area contributed by atoms with Crippen molar-refractivity contribution in [2.24, 2.45) is 0 Å². The van der Waals surface area contributed by atoms with Gasteiger partial charge in [0.1, 0.15) is 0 Å². The lowest BCUT2D eigenvalue weighted by Gasteiger charge is -2.14. The van der Waals surface area contributed by atoms with Crippen molar-refractivity contribution in [1.82, 2.24) is 5.32 Å². The van der Waals surface area contributed by atoms with Gasteiger partial charge < -0.3 is 10.1 Å². The molecule has 1 aliphatic rings. The van der Waals surface area contributed by atoms with Crippen LogP contribution in [-0.4, -0.2) is 33.6 Å². The molecule has 144 valence electrons. The molecule has 1 heterocycles. The van der Waals surface area contributed by atoms with E-state index in [2.05, 4.69) is 10.0 Å². The van der Waals surface area contributed by atoms with Gasteiger partial charge in [0.15, 0.2) is 0 Å². The Morgan fingerprint density at radius 1 is 1.19 bits per heavy atom. The first kappa shape index (κ1) is 19.4. The van der Waals surface area contributed by atoms with Crippen molar-refractivity contribution >= 4 is 21.6 Å². The van der Waals surface area contributed by atoms with E-state index in [1.807, 2.05) is 25.1 Å². The zero-order valence-corrected chi connectivity index (χ0v) is 16.1. The lowest BCUT2D eigenvalue weighted by atomic mass is 10.1. The Morgan fingerprint density at radius 2 is 2.00 bits per heavy atom. The van der Waals surface area contributed by atoms with Crippen LogP contribution in [0.15, 0.2) is 48.5 Å². The number of para-hydroxylation sites is 1. The fraction of sp³-hybridized carbons (Fsp3) is 0.350. The maximum absolute atomic E-state index is 12.6. The molecule has 1 saturated heterocycles. The Balaban J connectivity index is 1.69. The molecule has 1 amide bonds. The zero-order chi connectivity index (χ0) is 19.3. The number of hydrogen-bond acceptors (Lipinski definition) is 4. The minimum Gasteiger partial charge on any atom is -0.376 e. The van der Waals surface area contributed by atoms with Crippen LogP contribution in [0.5, 0.6) is 0 Å². The number of ether oxygens (including phenoxy) is 1. The second kappa shape index (κ2) is 8.54. The molecule has 6 nitrogen and oxygen atoms in total. The highest BCUT2D eigenvalue weighted by atomic mass is 32.2. The number of amides is 1. The largest absolute Gasteiger partial charge is 0.376 e. The van der Waals surface area contributed by atoms with Gasteiger partial charge in [-0.3, -0.25) is 9.52 Å². The Morgan fingerprint density at radius 3 is 2.74 bits per heavy atom. The first-order chi connectivity index (χ1) is 12.9. The normalized spacial score (nSPS) is 16.9. The summed E-state index contributed by atoms with van der Waals surface area (Å²) in [7, 11) is -3.65. The van der Waals surface area contributed by atoms with Gasteiger partial charge in [-0.2, -0.15) is 0 Å². The molecule has 3 rings (SSSR count). The lowest BCUT2D eigenvalue weighted by Crippen LogP contribution is -2.32. The van der Waals surface area contributed by atoms with Crippen LogP contribution >= 0.6 is 0 Å². The van der Waals surface area contributed by atoms with Gasteiger partial charge in [-0.05, 0) is 37.5 Å². The summed E-state index contributed by atoms with van der Waals surface area (Å²) in [6.07, 6.45) is 1.94. The number of aryl methyl sites for hydroxylation is 1. The third-order valence-corrected chi connectivity index (χ3v) is 5.63. The molecule has 0 aromatic heterocycles. The summed E-state index contributed by atoms with van der Waals surface area (Å²) in [4.78, 5) is 12.5. The average molecular weight is 388 g/mol. The Kier molecular flexibility index (Phi) is 6.13. The summed E-state index contributed by atoms with van der Waals surface area (Å²) in [5.41, 5.74) is 2.26. The Labute approximate surface area is 160 Å². The van der Waals surface area contributed by atoms with Crippen molar-refractivity contribution in [3.05, 3.63) is 65.2 Å². The summed E-state index contributed by atoms with van der Waals surface area (Å²) in [5.74, 6) is -0.472. The first-order valence-corrected chi connectivity index (χ1v) is 10.6. The minimum atomic E-state index is -3.65. The van der Waals surface area contributed by atoms with Crippen LogP contribution in [0.4, 0.5) is 5.69 Å². The number of carbonyl (C=O) groups excluding carboxylic acids is 1. The van der Waals surface area contributed by atoms with Gasteiger partial charge in [0.2, 0.25) is 10.0 Å².